The summed E-state index contributed by atoms with van der Waals surface area (Å²) in [6.45, 7) is 2.07. The Balaban J connectivity index is 2.89. The van der Waals surface area contributed by atoms with Gasteiger partial charge in [0.05, 0.1) is 29.4 Å². The third-order valence-corrected chi connectivity index (χ3v) is 2.51. The molecule has 0 fully saturated rings. The zero-order valence-electron chi connectivity index (χ0n) is 9.64. The molecule has 0 saturated heterocycles. The van der Waals surface area contributed by atoms with Gasteiger partial charge in [-0.05, 0) is 13.0 Å². The van der Waals surface area contributed by atoms with Gasteiger partial charge in [0.2, 0.25) is 0 Å². The number of nitriles is 1. The van der Waals surface area contributed by atoms with Crippen LogP contribution < -0.4 is 5.73 Å². The minimum atomic E-state index is -0.295. The summed E-state index contributed by atoms with van der Waals surface area (Å²) in [4.78, 5) is 17.2. The average molecular weight is 253 g/mol. The lowest BCUT2D eigenvalue weighted by Gasteiger charge is -2.18. The van der Waals surface area contributed by atoms with Crippen molar-refractivity contribution < 1.29 is 4.79 Å². The summed E-state index contributed by atoms with van der Waals surface area (Å²) in [5.41, 5.74) is 6.17. The summed E-state index contributed by atoms with van der Waals surface area (Å²) in [6.07, 6.45) is 1.39. The molecule has 5 nitrogen and oxygen atoms in total. The standard InChI is InChI=1S/C11H13ClN4O/c1-7(4-13)6-16(2)11(17)9-3-8(14)5-15-10(9)12/h3,5,7H,6,14H2,1-2H3. The molecule has 0 radical (unpaired) electrons. The molecule has 1 rings (SSSR count). The fourth-order valence-electron chi connectivity index (χ4n) is 1.35. The molecular formula is C11H13ClN4O. The molecule has 0 spiro atoms. The molecule has 0 aliphatic heterocycles. The Morgan fingerprint density at radius 3 is 3.00 bits per heavy atom. The Labute approximate surface area is 105 Å². The lowest BCUT2D eigenvalue weighted by atomic mass is 10.2. The SMILES string of the molecule is CC(C#N)CN(C)C(=O)c1cc(N)cnc1Cl. The highest BCUT2D eigenvalue weighted by Gasteiger charge is 2.18. The zero-order valence-corrected chi connectivity index (χ0v) is 10.4. The first kappa shape index (κ1) is 13.3. The lowest BCUT2D eigenvalue weighted by molar-refractivity contribution is 0.0785. The van der Waals surface area contributed by atoms with E-state index in [0.29, 0.717) is 12.2 Å². The first-order valence-corrected chi connectivity index (χ1v) is 5.39. The largest absolute Gasteiger partial charge is 0.397 e. The van der Waals surface area contributed by atoms with Crippen molar-refractivity contribution >= 4 is 23.2 Å². The molecule has 1 atom stereocenters. The molecule has 0 aliphatic carbocycles. The Morgan fingerprint density at radius 1 is 1.76 bits per heavy atom. The summed E-state index contributed by atoms with van der Waals surface area (Å²) in [6, 6.07) is 3.54. The van der Waals surface area contributed by atoms with E-state index < -0.39 is 0 Å². The maximum absolute atomic E-state index is 12.0. The summed E-state index contributed by atoms with van der Waals surface area (Å²) in [7, 11) is 1.61. The topological polar surface area (TPSA) is 83.0 Å². The van der Waals surface area contributed by atoms with Crippen molar-refractivity contribution in [2.24, 2.45) is 5.92 Å². The van der Waals surface area contributed by atoms with Crippen LogP contribution in [0.25, 0.3) is 0 Å². The molecule has 1 aromatic rings. The van der Waals surface area contributed by atoms with Gasteiger partial charge in [-0.15, -0.1) is 0 Å². The number of hydrogen-bond acceptors (Lipinski definition) is 4. The predicted molar refractivity (Wildman–Crippen MR) is 65.4 cm³/mol. The third kappa shape index (κ3) is 3.33. The molecule has 2 N–H and O–H groups in total. The number of nitrogens with zero attached hydrogens (tertiary/aromatic N) is 3. The number of carbonyl (C=O) groups is 1. The van der Waals surface area contributed by atoms with E-state index in [4.69, 9.17) is 22.6 Å². The van der Waals surface area contributed by atoms with Crippen LogP contribution in [0.4, 0.5) is 5.69 Å². The van der Waals surface area contributed by atoms with Gasteiger partial charge in [0, 0.05) is 13.6 Å². The number of halogens is 1. The van der Waals surface area contributed by atoms with E-state index in [-0.39, 0.29) is 22.5 Å². The van der Waals surface area contributed by atoms with Gasteiger partial charge in [0.1, 0.15) is 5.15 Å². The number of nitrogens with two attached hydrogens (primary N) is 1. The minimum Gasteiger partial charge on any atom is -0.397 e. The zero-order chi connectivity index (χ0) is 13.0. The van der Waals surface area contributed by atoms with Gasteiger partial charge >= 0.3 is 0 Å². The normalized spacial score (nSPS) is 11.6. The van der Waals surface area contributed by atoms with E-state index >= 15 is 0 Å². The number of rotatable bonds is 3. The summed E-state index contributed by atoms with van der Waals surface area (Å²) >= 11 is 5.83. The predicted octanol–water partition coefficient (Wildman–Crippen LogP) is 1.55. The lowest BCUT2D eigenvalue weighted by Crippen LogP contribution is -2.31. The number of anilines is 1. The van der Waals surface area contributed by atoms with Crippen LogP contribution in [0, 0.1) is 17.2 Å². The summed E-state index contributed by atoms with van der Waals surface area (Å²) in [5.74, 6) is -0.534. The van der Waals surface area contributed by atoms with Gasteiger partial charge in [-0.1, -0.05) is 11.6 Å². The molecule has 1 heterocycles. The average Bonchev–Trinajstić information content (AvgIpc) is 2.31. The molecule has 0 aromatic carbocycles. The fourth-order valence-corrected chi connectivity index (χ4v) is 1.54. The van der Waals surface area contributed by atoms with Crippen LogP contribution in [-0.2, 0) is 0 Å². The smallest absolute Gasteiger partial charge is 0.256 e. The third-order valence-electron chi connectivity index (χ3n) is 2.21. The summed E-state index contributed by atoms with van der Waals surface area (Å²) < 4.78 is 0. The van der Waals surface area contributed by atoms with E-state index in [0.717, 1.165) is 0 Å². The second-order valence-electron chi connectivity index (χ2n) is 3.82. The molecule has 17 heavy (non-hydrogen) atoms. The molecule has 0 bridgehead atoms. The van der Waals surface area contributed by atoms with Crippen molar-refractivity contribution in [1.29, 1.82) is 5.26 Å². The number of hydrogen-bond donors (Lipinski definition) is 1. The van der Waals surface area contributed by atoms with Gasteiger partial charge in [-0.25, -0.2) is 4.98 Å². The molecule has 90 valence electrons. The molecule has 0 saturated carbocycles. The van der Waals surface area contributed by atoms with Crippen LogP contribution in [0.3, 0.4) is 0 Å². The van der Waals surface area contributed by atoms with Gasteiger partial charge in [0.25, 0.3) is 5.91 Å². The van der Waals surface area contributed by atoms with Crippen LogP contribution in [0.5, 0.6) is 0 Å². The van der Waals surface area contributed by atoms with Gasteiger partial charge in [-0.3, -0.25) is 4.79 Å². The van der Waals surface area contributed by atoms with Crippen molar-refractivity contribution in [3.63, 3.8) is 0 Å². The summed E-state index contributed by atoms with van der Waals surface area (Å²) in [5, 5.41) is 8.80. The Hall–Kier alpha value is -1.80. The van der Waals surface area contributed by atoms with Crippen molar-refractivity contribution in [2.75, 3.05) is 19.3 Å². The monoisotopic (exact) mass is 252 g/mol. The highest BCUT2D eigenvalue weighted by atomic mass is 35.5. The van der Waals surface area contributed by atoms with Crippen molar-refractivity contribution in [3.8, 4) is 6.07 Å². The molecule has 1 aromatic heterocycles. The van der Waals surface area contributed by atoms with Crippen LogP contribution in [0.15, 0.2) is 12.3 Å². The highest BCUT2D eigenvalue weighted by Crippen LogP contribution is 2.17. The van der Waals surface area contributed by atoms with E-state index in [1.54, 1.807) is 14.0 Å². The molecule has 1 amide bonds. The van der Waals surface area contributed by atoms with Crippen molar-refractivity contribution in [1.82, 2.24) is 9.88 Å². The van der Waals surface area contributed by atoms with E-state index in [9.17, 15) is 4.79 Å². The Bertz CT molecular complexity index is 469. The first-order chi connectivity index (χ1) is 7.95. The number of aromatic nitrogens is 1. The molecule has 1 unspecified atom stereocenters. The number of carbonyl (C=O) groups excluding carboxylic acids is 1. The van der Waals surface area contributed by atoms with Gasteiger partial charge in [0.15, 0.2) is 0 Å². The second kappa shape index (κ2) is 5.51. The van der Waals surface area contributed by atoms with Crippen LogP contribution >= 0.6 is 11.6 Å². The molecular weight excluding hydrogens is 240 g/mol. The van der Waals surface area contributed by atoms with Crippen LogP contribution in [0.2, 0.25) is 5.15 Å². The Kier molecular flexibility index (Phi) is 4.30. The highest BCUT2D eigenvalue weighted by molar-refractivity contribution is 6.32. The quantitative estimate of drug-likeness (QED) is 0.828. The van der Waals surface area contributed by atoms with Gasteiger partial charge in [-0.2, -0.15) is 5.26 Å². The van der Waals surface area contributed by atoms with E-state index in [2.05, 4.69) is 11.1 Å². The number of pyridine rings is 1. The number of amides is 1. The van der Waals surface area contributed by atoms with Crippen molar-refractivity contribution in [3.05, 3.63) is 23.0 Å². The van der Waals surface area contributed by atoms with Crippen LogP contribution in [-0.4, -0.2) is 29.4 Å². The fraction of sp³-hybridized carbons (Fsp3) is 0.364. The van der Waals surface area contributed by atoms with E-state index in [1.807, 2.05) is 0 Å². The molecule has 6 heteroatoms. The Morgan fingerprint density at radius 2 is 2.41 bits per heavy atom. The van der Waals surface area contributed by atoms with E-state index in [1.165, 1.54) is 17.2 Å². The molecule has 0 aliphatic rings. The maximum atomic E-state index is 12.0. The minimum absolute atomic E-state index is 0.112. The van der Waals surface area contributed by atoms with Crippen molar-refractivity contribution in [2.45, 2.75) is 6.92 Å². The maximum Gasteiger partial charge on any atom is 0.256 e. The van der Waals surface area contributed by atoms with Crippen LogP contribution in [0.1, 0.15) is 17.3 Å². The van der Waals surface area contributed by atoms with Gasteiger partial charge < -0.3 is 10.6 Å². The second-order valence-corrected chi connectivity index (χ2v) is 4.18. The first-order valence-electron chi connectivity index (χ1n) is 5.01. The number of nitrogen functional groups attached to an aromatic ring is 1.